The summed E-state index contributed by atoms with van der Waals surface area (Å²) in [4.78, 5) is 28.9. The number of rotatable bonds is 3. The average molecular weight is 247 g/mol. The fourth-order valence-corrected chi connectivity index (χ4v) is 2.10. The summed E-state index contributed by atoms with van der Waals surface area (Å²) in [6.07, 6.45) is 4.55. The van der Waals surface area contributed by atoms with E-state index in [4.69, 9.17) is 0 Å². The van der Waals surface area contributed by atoms with Crippen LogP contribution in [0.2, 0.25) is 0 Å². The summed E-state index contributed by atoms with van der Waals surface area (Å²) < 4.78 is 0. The Labute approximate surface area is 106 Å². The number of hydrogen-bond donors (Lipinski definition) is 1. The van der Waals surface area contributed by atoms with E-state index in [2.05, 4.69) is 10.3 Å². The number of pyridine rings is 1. The van der Waals surface area contributed by atoms with Crippen LogP contribution in [0.5, 0.6) is 0 Å². The van der Waals surface area contributed by atoms with Gasteiger partial charge in [-0.1, -0.05) is 6.07 Å². The molecule has 1 aliphatic heterocycles. The molecule has 2 heterocycles. The van der Waals surface area contributed by atoms with Crippen molar-refractivity contribution in [2.45, 2.75) is 19.4 Å². The van der Waals surface area contributed by atoms with Crippen molar-refractivity contribution < 1.29 is 9.59 Å². The van der Waals surface area contributed by atoms with Crippen molar-refractivity contribution in [1.29, 1.82) is 0 Å². The van der Waals surface area contributed by atoms with Crippen molar-refractivity contribution in [3.63, 3.8) is 0 Å². The van der Waals surface area contributed by atoms with Gasteiger partial charge in [-0.25, -0.2) is 0 Å². The first kappa shape index (κ1) is 12.5. The van der Waals surface area contributed by atoms with Crippen LogP contribution in [0.1, 0.15) is 18.4 Å². The monoisotopic (exact) mass is 247 g/mol. The smallest absolute Gasteiger partial charge is 0.227 e. The minimum absolute atomic E-state index is 0.0361. The molecule has 1 atom stereocenters. The lowest BCUT2D eigenvalue weighted by Gasteiger charge is -2.26. The Hall–Kier alpha value is -1.91. The van der Waals surface area contributed by atoms with Gasteiger partial charge in [0.15, 0.2) is 0 Å². The van der Waals surface area contributed by atoms with Gasteiger partial charge in [0, 0.05) is 39.0 Å². The predicted molar refractivity (Wildman–Crippen MR) is 66.4 cm³/mol. The number of aromatic nitrogens is 1. The van der Waals surface area contributed by atoms with Crippen LogP contribution in [-0.4, -0.2) is 35.3 Å². The van der Waals surface area contributed by atoms with Crippen LogP contribution in [0.3, 0.4) is 0 Å². The molecule has 0 aliphatic carbocycles. The summed E-state index contributed by atoms with van der Waals surface area (Å²) in [6, 6.07) is 3.80. The van der Waals surface area contributed by atoms with Gasteiger partial charge in [-0.05, 0) is 18.1 Å². The van der Waals surface area contributed by atoms with Gasteiger partial charge in [0.25, 0.3) is 0 Å². The second kappa shape index (κ2) is 5.62. The van der Waals surface area contributed by atoms with E-state index in [1.54, 1.807) is 24.3 Å². The molecule has 0 spiro atoms. The van der Waals surface area contributed by atoms with Crippen LogP contribution in [0.15, 0.2) is 24.5 Å². The number of carbonyl (C=O) groups is 2. The predicted octanol–water partition coefficient (Wildman–Crippen LogP) is 0.566. The molecule has 2 rings (SSSR count). The Balaban J connectivity index is 1.91. The molecule has 1 unspecified atom stereocenters. The van der Waals surface area contributed by atoms with Crippen molar-refractivity contribution in [2.75, 3.05) is 13.6 Å². The molecule has 5 heteroatoms. The van der Waals surface area contributed by atoms with Crippen molar-refractivity contribution in [1.82, 2.24) is 15.2 Å². The highest BCUT2D eigenvalue weighted by Gasteiger charge is 2.26. The molecule has 0 aromatic carbocycles. The molecular formula is C13H17N3O2. The molecule has 1 saturated heterocycles. The maximum absolute atomic E-state index is 12.2. The van der Waals surface area contributed by atoms with Crippen molar-refractivity contribution >= 4 is 11.8 Å². The fraction of sp³-hybridized carbons (Fsp3) is 0.462. The molecule has 0 radical (unpaired) electrons. The highest BCUT2D eigenvalue weighted by atomic mass is 16.2. The Kier molecular flexibility index (Phi) is 3.92. The van der Waals surface area contributed by atoms with E-state index < -0.39 is 0 Å². The third-order valence-electron chi connectivity index (χ3n) is 3.13. The van der Waals surface area contributed by atoms with E-state index in [1.165, 1.54) is 0 Å². The Morgan fingerprint density at radius 2 is 2.44 bits per heavy atom. The first-order chi connectivity index (χ1) is 8.66. The molecule has 0 bridgehead atoms. The molecule has 1 aliphatic rings. The highest BCUT2D eigenvalue weighted by molar-refractivity contribution is 5.83. The third kappa shape index (κ3) is 3.06. The number of carbonyl (C=O) groups excluding carboxylic acids is 2. The SMILES string of the molecule is CN(Cc1cccnc1)C(=O)C1CCC(=O)NC1. The normalized spacial score (nSPS) is 19.2. The Morgan fingerprint density at radius 1 is 1.61 bits per heavy atom. The quantitative estimate of drug-likeness (QED) is 0.849. The first-order valence-electron chi connectivity index (χ1n) is 6.07. The Bertz CT molecular complexity index is 423. The summed E-state index contributed by atoms with van der Waals surface area (Å²) in [5.41, 5.74) is 1.01. The van der Waals surface area contributed by atoms with Crippen molar-refractivity contribution in [2.24, 2.45) is 5.92 Å². The minimum atomic E-state index is -0.0932. The zero-order valence-corrected chi connectivity index (χ0v) is 10.4. The summed E-state index contributed by atoms with van der Waals surface area (Å²) in [6.45, 7) is 1.01. The molecule has 1 N–H and O–H groups in total. The van der Waals surface area contributed by atoms with E-state index in [0.717, 1.165) is 5.56 Å². The summed E-state index contributed by atoms with van der Waals surface area (Å²) in [7, 11) is 1.78. The van der Waals surface area contributed by atoms with Gasteiger partial charge in [0.2, 0.25) is 11.8 Å². The van der Waals surface area contributed by atoms with Gasteiger partial charge in [-0.3, -0.25) is 14.6 Å². The molecule has 2 amide bonds. The Morgan fingerprint density at radius 3 is 3.06 bits per heavy atom. The zero-order valence-electron chi connectivity index (χ0n) is 10.4. The lowest BCUT2D eigenvalue weighted by atomic mass is 9.97. The van der Waals surface area contributed by atoms with E-state index in [9.17, 15) is 9.59 Å². The lowest BCUT2D eigenvalue weighted by molar-refractivity contribution is -0.136. The summed E-state index contributed by atoms with van der Waals surface area (Å²) in [5.74, 6) is 0.0252. The molecule has 18 heavy (non-hydrogen) atoms. The van der Waals surface area contributed by atoms with Crippen molar-refractivity contribution in [3.8, 4) is 0 Å². The maximum Gasteiger partial charge on any atom is 0.227 e. The topological polar surface area (TPSA) is 62.3 Å². The van der Waals surface area contributed by atoms with E-state index >= 15 is 0 Å². The average Bonchev–Trinajstić information content (AvgIpc) is 2.40. The highest BCUT2D eigenvalue weighted by Crippen LogP contribution is 2.14. The lowest BCUT2D eigenvalue weighted by Crippen LogP contribution is -2.43. The van der Waals surface area contributed by atoms with Gasteiger partial charge in [-0.15, -0.1) is 0 Å². The minimum Gasteiger partial charge on any atom is -0.355 e. The first-order valence-corrected chi connectivity index (χ1v) is 6.07. The van der Waals surface area contributed by atoms with E-state index in [-0.39, 0.29) is 17.7 Å². The van der Waals surface area contributed by atoms with Crippen LogP contribution < -0.4 is 5.32 Å². The fourth-order valence-electron chi connectivity index (χ4n) is 2.10. The van der Waals surface area contributed by atoms with Gasteiger partial charge in [0.1, 0.15) is 0 Å². The standard InChI is InChI=1S/C13H17N3O2/c1-16(9-10-3-2-6-14-7-10)13(18)11-4-5-12(17)15-8-11/h2-3,6-7,11H,4-5,8-9H2,1H3,(H,15,17). The second-order valence-electron chi connectivity index (χ2n) is 4.60. The number of amides is 2. The maximum atomic E-state index is 12.2. The molecule has 1 aromatic heterocycles. The number of nitrogens with zero attached hydrogens (tertiary/aromatic N) is 2. The number of nitrogens with one attached hydrogen (secondary N) is 1. The van der Waals surface area contributed by atoms with Crippen LogP contribution in [0.4, 0.5) is 0 Å². The largest absolute Gasteiger partial charge is 0.355 e. The van der Waals surface area contributed by atoms with Crippen LogP contribution >= 0.6 is 0 Å². The van der Waals surface area contributed by atoms with Gasteiger partial charge >= 0.3 is 0 Å². The third-order valence-corrected chi connectivity index (χ3v) is 3.13. The second-order valence-corrected chi connectivity index (χ2v) is 4.60. The van der Waals surface area contributed by atoms with Crippen molar-refractivity contribution in [3.05, 3.63) is 30.1 Å². The van der Waals surface area contributed by atoms with Crippen LogP contribution in [0.25, 0.3) is 0 Å². The molecule has 1 fully saturated rings. The van der Waals surface area contributed by atoms with Gasteiger partial charge in [0.05, 0.1) is 5.92 Å². The molecule has 96 valence electrons. The number of hydrogen-bond acceptors (Lipinski definition) is 3. The van der Waals surface area contributed by atoms with Crippen LogP contribution in [-0.2, 0) is 16.1 Å². The van der Waals surface area contributed by atoms with E-state index in [1.807, 2.05) is 12.1 Å². The summed E-state index contributed by atoms with van der Waals surface area (Å²) >= 11 is 0. The van der Waals surface area contributed by atoms with Gasteiger partial charge in [-0.2, -0.15) is 0 Å². The molecular weight excluding hydrogens is 230 g/mol. The molecule has 5 nitrogen and oxygen atoms in total. The molecule has 1 aromatic rings. The van der Waals surface area contributed by atoms with Gasteiger partial charge < -0.3 is 10.2 Å². The van der Waals surface area contributed by atoms with E-state index in [0.29, 0.717) is 25.9 Å². The zero-order chi connectivity index (χ0) is 13.0. The molecule has 0 saturated carbocycles. The van der Waals surface area contributed by atoms with Crippen LogP contribution in [0, 0.1) is 5.92 Å². The summed E-state index contributed by atoms with van der Waals surface area (Å²) in [5, 5.41) is 2.73. The number of piperidine rings is 1.